The minimum absolute atomic E-state index is 0.0715. The van der Waals surface area contributed by atoms with Gasteiger partial charge in [0.2, 0.25) is 0 Å². The molecule has 0 aromatic heterocycles. The van der Waals surface area contributed by atoms with E-state index >= 15 is 0 Å². The van der Waals surface area contributed by atoms with Crippen LogP contribution in [0.1, 0.15) is 17.5 Å². The van der Waals surface area contributed by atoms with Gasteiger partial charge in [-0.2, -0.15) is 0 Å². The molecule has 0 bridgehead atoms. The van der Waals surface area contributed by atoms with Crippen molar-refractivity contribution in [1.29, 1.82) is 0 Å². The van der Waals surface area contributed by atoms with Gasteiger partial charge in [-0.3, -0.25) is 4.99 Å². The molecule has 2 aromatic rings. The molecule has 7 heteroatoms. The summed E-state index contributed by atoms with van der Waals surface area (Å²) in [6, 6.07) is 17.3. The van der Waals surface area contributed by atoms with Crippen LogP contribution in [0.4, 0.5) is 0 Å². The fourth-order valence-corrected chi connectivity index (χ4v) is 4.63. The molecule has 0 fully saturated rings. The molecule has 150 valence electrons. The number of nitrogens with one attached hydrogen (secondary N) is 2. The zero-order chi connectivity index (χ0) is 19.8. The van der Waals surface area contributed by atoms with Crippen LogP contribution in [0.2, 0.25) is 0 Å². The lowest BCUT2D eigenvalue weighted by molar-refractivity contribution is 0.235. The number of sulfone groups is 1. The maximum absolute atomic E-state index is 12.2. The van der Waals surface area contributed by atoms with Crippen LogP contribution in [0.3, 0.4) is 0 Å². The molecular formula is C21H27N3O3S. The zero-order valence-corrected chi connectivity index (χ0v) is 16.9. The normalized spacial score (nSPS) is 16.3. The van der Waals surface area contributed by atoms with Gasteiger partial charge in [-0.1, -0.05) is 48.5 Å². The van der Waals surface area contributed by atoms with Crippen molar-refractivity contribution in [3.8, 4) is 5.75 Å². The van der Waals surface area contributed by atoms with Gasteiger partial charge in [0.1, 0.15) is 11.9 Å². The molecular weight excluding hydrogens is 374 g/mol. The van der Waals surface area contributed by atoms with Crippen molar-refractivity contribution in [3.05, 3.63) is 65.7 Å². The first kappa shape index (κ1) is 20.2. The van der Waals surface area contributed by atoms with Crippen LogP contribution in [0.15, 0.2) is 59.6 Å². The second kappa shape index (κ2) is 9.59. The third kappa shape index (κ3) is 5.99. The smallest absolute Gasteiger partial charge is 0.191 e. The molecule has 1 heterocycles. The predicted octanol–water partition coefficient (Wildman–Crippen LogP) is 2.16. The number of aliphatic imine (C=N–C) groups is 1. The average molecular weight is 402 g/mol. The van der Waals surface area contributed by atoms with Crippen molar-refractivity contribution in [2.45, 2.75) is 24.7 Å². The number of fused-ring (bicyclic) bond motifs is 1. The molecule has 1 aliphatic heterocycles. The van der Waals surface area contributed by atoms with Gasteiger partial charge < -0.3 is 15.4 Å². The number of para-hydroxylation sites is 1. The Bertz CT molecular complexity index is 873. The van der Waals surface area contributed by atoms with Gasteiger partial charge in [0.15, 0.2) is 15.8 Å². The molecule has 0 radical (unpaired) electrons. The number of benzene rings is 2. The average Bonchev–Trinajstić information content (AvgIpc) is 3.11. The Hall–Kier alpha value is -2.54. The SMILES string of the molecule is CN=C(NCCCS(=O)(=O)Cc1ccccc1)NCC1Cc2ccccc2O1. The molecule has 0 spiro atoms. The molecule has 0 saturated carbocycles. The summed E-state index contributed by atoms with van der Waals surface area (Å²) >= 11 is 0. The van der Waals surface area contributed by atoms with E-state index in [1.165, 1.54) is 5.56 Å². The molecule has 2 aromatic carbocycles. The van der Waals surface area contributed by atoms with Gasteiger partial charge in [0.25, 0.3) is 0 Å². The molecule has 3 rings (SSSR count). The maximum atomic E-state index is 12.2. The molecule has 6 nitrogen and oxygen atoms in total. The monoisotopic (exact) mass is 401 g/mol. The lowest BCUT2D eigenvalue weighted by Gasteiger charge is -2.15. The fraction of sp³-hybridized carbons (Fsp3) is 0.381. The van der Waals surface area contributed by atoms with E-state index in [-0.39, 0.29) is 17.6 Å². The summed E-state index contributed by atoms with van der Waals surface area (Å²) in [5.74, 6) is 1.83. The van der Waals surface area contributed by atoms with E-state index < -0.39 is 9.84 Å². The highest BCUT2D eigenvalue weighted by Gasteiger charge is 2.22. The summed E-state index contributed by atoms with van der Waals surface area (Å²) in [5.41, 5.74) is 2.05. The van der Waals surface area contributed by atoms with E-state index in [0.717, 1.165) is 17.7 Å². The summed E-state index contributed by atoms with van der Waals surface area (Å²) in [4.78, 5) is 4.19. The second-order valence-electron chi connectivity index (χ2n) is 6.86. The highest BCUT2D eigenvalue weighted by molar-refractivity contribution is 7.90. The van der Waals surface area contributed by atoms with Crippen molar-refractivity contribution in [3.63, 3.8) is 0 Å². The summed E-state index contributed by atoms with van der Waals surface area (Å²) in [5, 5.41) is 6.42. The fourth-order valence-electron chi connectivity index (χ4n) is 3.20. The Morgan fingerprint density at radius 2 is 1.86 bits per heavy atom. The van der Waals surface area contributed by atoms with Crippen molar-refractivity contribution in [2.24, 2.45) is 4.99 Å². The first-order valence-electron chi connectivity index (χ1n) is 9.49. The molecule has 0 aliphatic carbocycles. The Morgan fingerprint density at radius 3 is 2.61 bits per heavy atom. The number of nitrogens with zero attached hydrogens (tertiary/aromatic N) is 1. The van der Waals surface area contributed by atoms with Crippen LogP contribution < -0.4 is 15.4 Å². The zero-order valence-electron chi connectivity index (χ0n) is 16.1. The van der Waals surface area contributed by atoms with Crippen LogP contribution in [0.25, 0.3) is 0 Å². The molecule has 0 saturated heterocycles. The van der Waals surface area contributed by atoms with E-state index in [1.54, 1.807) is 7.05 Å². The maximum Gasteiger partial charge on any atom is 0.191 e. The molecule has 1 unspecified atom stereocenters. The standard InChI is InChI=1S/C21H27N3O3S/c1-22-21(24-15-19-14-18-10-5-6-11-20(18)27-19)23-12-7-13-28(25,26)16-17-8-3-2-4-9-17/h2-6,8-11,19H,7,12-16H2,1H3,(H2,22,23,24). The topological polar surface area (TPSA) is 79.8 Å². The van der Waals surface area contributed by atoms with Crippen LogP contribution in [0, 0.1) is 0 Å². The Balaban J connectivity index is 1.36. The molecule has 28 heavy (non-hydrogen) atoms. The van der Waals surface area contributed by atoms with Gasteiger partial charge in [-0.15, -0.1) is 0 Å². The highest BCUT2D eigenvalue weighted by atomic mass is 32.2. The quantitative estimate of drug-likeness (QED) is 0.403. The van der Waals surface area contributed by atoms with E-state index in [2.05, 4.69) is 21.7 Å². The van der Waals surface area contributed by atoms with Gasteiger partial charge >= 0.3 is 0 Å². The first-order valence-corrected chi connectivity index (χ1v) is 11.3. The van der Waals surface area contributed by atoms with Gasteiger partial charge in [0, 0.05) is 20.0 Å². The molecule has 2 N–H and O–H groups in total. The molecule has 1 aliphatic rings. The Labute approximate surface area is 167 Å². The van der Waals surface area contributed by atoms with E-state index in [0.29, 0.717) is 25.5 Å². The van der Waals surface area contributed by atoms with Crippen LogP contribution in [-0.4, -0.2) is 46.4 Å². The van der Waals surface area contributed by atoms with Crippen LogP contribution in [-0.2, 0) is 22.0 Å². The third-order valence-corrected chi connectivity index (χ3v) is 6.27. The predicted molar refractivity (Wildman–Crippen MR) is 112 cm³/mol. The number of rotatable bonds is 8. The van der Waals surface area contributed by atoms with E-state index in [9.17, 15) is 8.42 Å². The van der Waals surface area contributed by atoms with Crippen molar-refractivity contribution in [2.75, 3.05) is 25.9 Å². The summed E-state index contributed by atoms with van der Waals surface area (Å²) in [6.45, 7) is 1.18. The lowest BCUT2D eigenvalue weighted by Crippen LogP contribution is -2.42. The summed E-state index contributed by atoms with van der Waals surface area (Å²) < 4.78 is 30.4. The number of hydrogen-bond acceptors (Lipinski definition) is 4. The van der Waals surface area contributed by atoms with E-state index in [4.69, 9.17) is 4.74 Å². The third-order valence-electron chi connectivity index (χ3n) is 4.59. The van der Waals surface area contributed by atoms with Crippen molar-refractivity contribution >= 4 is 15.8 Å². The van der Waals surface area contributed by atoms with Crippen LogP contribution in [0.5, 0.6) is 5.75 Å². The summed E-state index contributed by atoms with van der Waals surface area (Å²) in [7, 11) is -1.42. The lowest BCUT2D eigenvalue weighted by atomic mass is 10.1. The van der Waals surface area contributed by atoms with E-state index in [1.807, 2.05) is 48.5 Å². The van der Waals surface area contributed by atoms with Gasteiger partial charge in [-0.05, 0) is 23.6 Å². The minimum Gasteiger partial charge on any atom is -0.488 e. The molecule has 1 atom stereocenters. The number of guanidine groups is 1. The minimum atomic E-state index is -3.12. The van der Waals surface area contributed by atoms with Gasteiger partial charge in [0.05, 0.1) is 18.1 Å². The second-order valence-corrected chi connectivity index (χ2v) is 9.05. The number of ether oxygens (including phenoxy) is 1. The van der Waals surface area contributed by atoms with Crippen molar-refractivity contribution in [1.82, 2.24) is 10.6 Å². The Morgan fingerprint density at radius 1 is 1.11 bits per heavy atom. The van der Waals surface area contributed by atoms with Gasteiger partial charge in [-0.25, -0.2) is 8.42 Å². The van der Waals surface area contributed by atoms with Crippen molar-refractivity contribution < 1.29 is 13.2 Å². The van der Waals surface area contributed by atoms with Crippen LogP contribution >= 0.6 is 0 Å². The molecule has 0 amide bonds. The highest BCUT2D eigenvalue weighted by Crippen LogP contribution is 2.27. The summed E-state index contributed by atoms with van der Waals surface area (Å²) in [6.07, 6.45) is 1.47. The largest absolute Gasteiger partial charge is 0.488 e. The number of hydrogen-bond donors (Lipinski definition) is 2. The Kier molecular flexibility index (Phi) is 6.92. The first-order chi connectivity index (χ1) is 13.6.